The van der Waals surface area contributed by atoms with E-state index in [2.05, 4.69) is 0 Å². The minimum atomic E-state index is -3.84. The molecule has 7 nitrogen and oxygen atoms in total. The topological polar surface area (TPSA) is 103 Å². The van der Waals surface area contributed by atoms with E-state index in [4.69, 9.17) is 22.5 Å². The Morgan fingerprint density at radius 2 is 1.47 bits per heavy atom. The maximum Gasteiger partial charge on any atom is 0.282 e. The Bertz CT molecular complexity index is 520. The summed E-state index contributed by atoms with van der Waals surface area (Å²) in [6.07, 6.45) is 0. The Morgan fingerprint density at radius 1 is 1.12 bits per heavy atom. The van der Waals surface area contributed by atoms with E-state index in [0.29, 0.717) is 0 Å². The van der Waals surface area contributed by atoms with Crippen LogP contribution < -0.4 is 5.30 Å². The fourth-order valence-electron chi connectivity index (χ4n) is 1.20. The predicted molar refractivity (Wildman–Crippen MR) is 63.4 cm³/mol. The third-order valence-corrected chi connectivity index (χ3v) is 4.06. The van der Waals surface area contributed by atoms with Crippen LogP contribution in [0.5, 0.6) is 0 Å². The Labute approximate surface area is 105 Å². The van der Waals surface area contributed by atoms with Crippen molar-refractivity contribution in [2.45, 2.75) is 6.92 Å². The number of rotatable bonds is 3. The van der Waals surface area contributed by atoms with Crippen LogP contribution >= 0.6 is 28.3 Å². The molecule has 0 fully saturated rings. The lowest BCUT2D eigenvalue weighted by Gasteiger charge is -2.04. The van der Waals surface area contributed by atoms with Gasteiger partial charge in [-0.1, -0.05) is 0 Å². The highest BCUT2D eigenvalue weighted by molar-refractivity contribution is 8.13. The number of nitro benzene ring substituents is 2. The molecule has 92 valence electrons. The molecule has 0 heterocycles. The van der Waals surface area contributed by atoms with Crippen molar-refractivity contribution in [2.24, 2.45) is 0 Å². The molecule has 0 saturated carbocycles. The third-order valence-electron chi connectivity index (χ3n) is 2.03. The molecule has 0 N–H and O–H groups in total. The highest BCUT2D eigenvalue weighted by atomic mass is 35.9. The lowest BCUT2D eigenvalue weighted by Crippen LogP contribution is -2.06. The first kappa shape index (κ1) is 13.9. The van der Waals surface area contributed by atoms with E-state index in [9.17, 15) is 24.8 Å². The normalized spacial score (nSPS) is 11.2. The van der Waals surface area contributed by atoms with Gasteiger partial charge in [0, 0.05) is 12.1 Å². The second-order valence-electron chi connectivity index (χ2n) is 3.09. The number of benzene rings is 1. The first-order valence-electron chi connectivity index (χ1n) is 4.08. The number of hydrogen-bond donors (Lipinski definition) is 0. The molecular weight excluding hydrogens is 294 g/mol. The summed E-state index contributed by atoms with van der Waals surface area (Å²) in [5, 5.41) is 21.0. The van der Waals surface area contributed by atoms with E-state index < -0.39 is 27.1 Å². The summed E-state index contributed by atoms with van der Waals surface area (Å²) in [5.41, 5.74) is -1.24. The maximum absolute atomic E-state index is 11.4. The second-order valence-corrected chi connectivity index (χ2v) is 7.90. The quantitative estimate of drug-likeness (QED) is 0.484. The SMILES string of the molecule is Cc1c([N+](=O)[O-])cc(P(=O)(Cl)Cl)cc1[N+](=O)[O-]. The monoisotopic (exact) mass is 298 g/mol. The maximum atomic E-state index is 11.4. The average molecular weight is 299 g/mol. The van der Waals surface area contributed by atoms with Gasteiger partial charge in [-0.2, -0.15) is 0 Å². The molecule has 0 unspecified atom stereocenters. The lowest BCUT2D eigenvalue weighted by atomic mass is 10.1. The Kier molecular flexibility index (Phi) is 3.76. The number of halogens is 2. The molecule has 1 aromatic rings. The summed E-state index contributed by atoms with van der Waals surface area (Å²) < 4.78 is 11.4. The van der Waals surface area contributed by atoms with Gasteiger partial charge in [0.15, 0.2) is 0 Å². The highest BCUT2D eigenvalue weighted by Crippen LogP contribution is 2.56. The molecule has 0 bridgehead atoms. The van der Waals surface area contributed by atoms with E-state index in [-0.39, 0.29) is 10.9 Å². The summed E-state index contributed by atoms with van der Waals surface area (Å²) in [4.78, 5) is 19.7. The number of nitro groups is 2. The molecule has 0 aliphatic heterocycles. The van der Waals surface area contributed by atoms with E-state index in [1.165, 1.54) is 6.92 Å². The first-order valence-corrected chi connectivity index (χ1v) is 7.59. The van der Waals surface area contributed by atoms with Gasteiger partial charge in [0.2, 0.25) is 0 Å². The van der Waals surface area contributed by atoms with Gasteiger partial charge in [-0.05, 0) is 29.4 Å². The van der Waals surface area contributed by atoms with E-state index in [1.54, 1.807) is 0 Å². The molecular formula is C7H5Cl2N2O5P. The zero-order chi connectivity index (χ0) is 13.4. The summed E-state index contributed by atoms with van der Waals surface area (Å²) in [7, 11) is 0. The van der Waals surface area contributed by atoms with Gasteiger partial charge in [-0.15, -0.1) is 0 Å². The van der Waals surface area contributed by atoms with Crippen molar-refractivity contribution >= 4 is 45.0 Å². The van der Waals surface area contributed by atoms with Crippen LogP contribution in [0.2, 0.25) is 0 Å². The summed E-state index contributed by atoms with van der Waals surface area (Å²) in [6, 6.07) is 1.76. The molecule has 17 heavy (non-hydrogen) atoms. The van der Waals surface area contributed by atoms with Crippen molar-refractivity contribution in [3.05, 3.63) is 37.9 Å². The molecule has 1 rings (SSSR count). The molecule has 0 aromatic heterocycles. The van der Waals surface area contributed by atoms with Crippen LogP contribution in [0.1, 0.15) is 5.56 Å². The van der Waals surface area contributed by atoms with Crippen molar-refractivity contribution in [2.75, 3.05) is 0 Å². The van der Waals surface area contributed by atoms with Gasteiger partial charge in [0.25, 0.3) is 17.2 Å². The average Bonchev–Trinajstić information content (AvgIpc) is 2.14. The fourth-order valence-corrected chi connectivity index (χ4v) is 2.33. The van der Waals surface area contributed by atoms with Crippen LogP contribution in [0.4, 0.5) is 11.4 Å². The smallest absolute Gasteiger partial charge is 0.282 e. The van der Waals surface area contributed by atoms with E-state index >= 15 is 0 Å². The van der Waals surface area contributed by atoms with Gasteiger partial charge in [0.05, 0.1) is 15.2 Å². The van der Waals surface area contributed by atoms with Crippen molar-refractivity contribution in [1.29, 1.82) is 0 Å². The minimum Gasteiger partial charge on any atom is -0.284 e. The zero-order valence-electron chi connectivity index (χ0n) is 8.29. The van der Waals surface area contributed by atoms with Crippen LogP contribution in [0.3, 0.4) is 0 Å². The van der Waals surface area contributed by atoms with Crippen LogP contribution in [0, 0.1) is 27.2 Å². The Hall–Kier alpha value is -1.17. The van der Waals surface area contributed by atoms with Gasteiger partial charge >= 0.3 is 0 Å². The molecule has 1 aromatic carbocycles. The molecule has 0 spiro atoms. The first-order chi connectivity index (χ1) is 7.64. The molecule has 0 saturated heterocycles. The van der Waals surface area contributed by atoms with E-state index in [0.717, 1.165) is 12.1 Å². The standard InChI is InChI=1S/C7H5Cl2N2O5P/c1-4-6(10(12)13)2-5(17(8,9)16)3-7(4)11(14)15/h2-3H,1H3. The van der Waals surface area contributed by atoms with E-state index in [1.807, 2.05) is 0 Å². The van der Waals surface area contributed by atoms with Crippen molar-refractivity contribution in [1.82, 2.24) is 0 Å². The summed E-state index contributed by atoms with van der Waals surface area (Å²) in [5.74, 6) is -3.84. The third kappa shape index (κ3) is 2.94. The van der Waals surface area contributed by atoms with Crippen molar-refractivity contribution in [3.63, 3.8) is 0 Å². The fraction of sp³-hybridized carbons (Fsp3) is 0.143. The predicted octanol–water partition coefficient (Wildman–Crippen LogP) is 3.11. The number of hydrogen-bond acceptors (Lipinski definition) is 5. The van der Waals surface area contributed by atoms with Crippen LogP contribution in [-0.2, 0) is 4.57 Å². The summed E-state index contributed by atoms with van der Waals surface area (Å²) in [6.45, 7) is 1.22. The summed E-state index contributed by atoms with van der Waals surface area (Å²) >= 11 is 10.7. The zero-order valence-corrected chi connectivity index (χ0v) is 10.7. The van der Waals surface area contributed by atoms with Gasteiger partial charge in [-0.25, -0.2) is 0 Å². The molecule has 0 radical (unpaired) electrons. The van der Waals surface area contributed by atoms with Crippen molar-refractivity contribution in [3.8, 4) is 0 Å². The van der Waals surface area contributed by atoms with Gasteiger partial charge in [0.1, 0.15) is 5.56 Å². The highest BCUT2D eigenvalue weighted by Gasteiger charge is 2.29. The van der Waals surface area contributed by atoms with Crippen molar-refractivity contribution < 1.29 is 14.4 Å². The van der Waals surface area contributed by atoms with Crippen LogP contribution in [0.25, 0.3) is 0 Å². The van der Waals surface area contributed by atoms with Crippen LogP contribution in [0.15, 0.2) is 12.1 Å². The largest absolute Gasteiger partial charge is 0.284 e. The van der Waals surface area contributed by atoms with Crippen LogP contribution in [-0.4, -0.2) is 9.85 Å². The molecule has 0 aliphatic carbocycles. The number of nitrogens with zero attached hydrogens (tertiary/aromatic N) is 2. The molecule has 0 amide bonds. The molecule has 0 aliphatic rings. The molecule has 0 atom stereocenters. The minimum absolute atomic E-state index is 0.148. The Morgan fingerprint density at radius 3 is 1.71 bits per heavy atom. The second kappa shape index (κ2) is 4.60. The van der Waals surface area contributed by atoms with Gasteiger partial charge < -0.3 is 0 Å². The van der Waals surface area contributed by atoms with Gasteiger partial charge in [-0.3, -0.25) is 24.8 Å². The Balaban J connectivity index is 3.65. The molecule has 10 heteroatoms. The lowest BCUT2D eigenvalue weighted by molar-refractivity contribution is -0.395.